The molecule has 1 aliphatic heterocycles. The molecule has 1 unspecified atom stereocenters. The van der Waals surface area contributed by atoms with Crippen LogP contribution in [0.2, 0.25) is 0 Å². The molecule has 1 saturated carbocycles. The Morgan fingerprint density at radius 2 is 2.32 bits per heavy atom. The average Bonchev–Trinajstić information content (AvgIpc) is 3.20. The molecule has 19 heavy (non-hydrogen) atoms. The first kappa shape index (κ1) is 13.1. The molecule has 3 rings (SSSR count). The zero-order valence-electron chi connectivity index (χ0n) is 12.0. The minimum absolute atomic E-state index is 0.862. The number of hydrogen-bond acceptors (Lipinski definition) is 3. The molecule has 0 spiro atoms. The SMILES string of the molecule is Cn1nccc1CCN(CC1CCCNC1)C1CC1. The third-order valence-electron chi connectivity index (χ3n) is 4.53. The predicted molar refractivity (Wildman–Crippen MR) is 77.1 cm³/mol. The van der Waals surface area contributed by atoms with Crippen LogP contribution in [0.1, 0.15) is 31.4 Å². The van der Waals surface area contributed by atoms with E-state index < -0.39 is 0 Å². The van der Waals surface area contributed by atoms with Gasteiger partial charge in [0.25, 0.3) is 0 Å². The summed E-state index contributed by atoms with van der Waals surface area (Å²) in [5.41, 5.74) is 1.35. The van der Waals surface area contributed by atoms with E-state index >= 15 is 0 Å². The molecule has 2 fully saturated rings. The highest BCUT2D eigenvalue weighted by Crippen LogP contribution is 2.28. The minimum Gasteiger partial charge on any atom is -0.316 e. The fourth-order valence-corrected chi connectivity index (χ4v) is 3.18. The van der Waals surface area contributed by atoms with Crippen molar-refractivity contribution in [3.05, 3.63) is 18.0 Å². The van der Waals surface area contributed by atoms with Gasteiger partial charge in [-0.2, -0.15) is 5.10 Å². The van der Waals surface area contributed by atoms with Crippen molar-refractivity contribution in [2.24, 2.45) is 13.0 Å². The Bertz CT molecular complexity index is 391. The van der Waals surface area contributed by atoms with Crippen LogP contribution in [0.4, 0.5) is 0 Å². The molecule has 2 aliphatic rings. The molecule has 0 aromatic carbocycles. The van der Waals surface area contributed by atoms with Gasteiger partial charge in [0.05, 0.1) is 0 Å². The Balaban J connectivity index is 1.51. The minimum atomic E-state index is 0.862. The van der Waals surface area contributed by atoms with Crippen molar-refractivity contribution in [2.75, 3.05) is 26.2 Å². The van der Waals surface area contributed by atoms with Crippen LogP contribution in [-0.2, 0) is 13.5 Å². The molecule has 1 aromatic rings. The van der Waals surface area contributed by atoms with Crippen LogP contribution in [0.3, 0.4) is 0 Å². The summed E-state index contributed by atoms with van der Waals surface area (Å²) in [6.07, 6.45) is 8.61. The number of piperidine rings is 1. The Kier molecular flexibility index (Phi) is 4.18. The van der Waals surface area contributed by atoms with Crippen molar-refractivity contribution in [1.29, 1.82) is 0 Å². The monoisotopic (exact) mass is 262 g/mol. The second kappa shape index (κ2) is 6.06. The van der Waals surface area contributed by atoms with E-state index in [-0.39, 0.29) is 0 Å². The highest BCUT2D eigenvalue weighted by atomic mass is 15.3. The van der Waals surface area contributed by atoms with Crippen LogP contribution in [0, 0.1) is 5.92 Å². The summed E-state index contributed by atoms with van der Waals surface area (Å²) in [6.45, 7) is 4.92. The number of nitrogens with one attached hydrogen (secondary N) is 1. The van der Waals surface area contributed by atoms with Crippen LogP contribution >= 0.6 is 0 Å². The molecular formula is C15H26N4. The molecule has 0 radical (unpaired) electrons. The summed E-state index contributed by atoms with van der Waals surface area (Å²) in [4.78, 5) is 2.73. The van der Waals surface area contributed by atoms with Crippen molar-refractivity contribution in [2.45, 2.75) is 38.1 Å². The second-order valence-electron chi connectivity index (χ2n) is 6.13. The highest BCUT2D eigenvalue weighted by molar-refractivity contribution is 5.01. The van der Waals surface area contributed by atoms with Gasteiger partial charge >= 0.3 is 0 Å². The van der Waals surface area contributed by atoms with Crippen molar-refractivity contribution in [3.8, 4) is 0 Å². The Morgan fingerprint density at radius 3 is 2.95 bits per heavy atom. The lowest BCUT2D eigenvalue weighted by Gasteiger charge is -2.30. The van der Waals surface area contributed by atoms with Gasteiger partial charge in [0.1, 0.15) is 0 Å². The summed E-state index contributed by atoms with van der Waals surface area (Å²) in [5.74, 6) is 0.862. The van der Waals surface area contributed by atoms with Crippen molar-refractivity contribution >= 4 is 0 Å². The smallest absolute Gasteiger partial charge is 0.0492 e. The van der Waals surface area contributed by atoms with Gasteiger partial charge in [-0.05, 0) is 50.8 Å². The lowest BCUT2D eigenvalue weighted by atomic mass is 9.99. The van der Waals surface area contributed by atoms with E-state index in [1.165, 1.54) is 57.6 Å². The van der Waals surface area contributed by atoms with E-state index in [4.69, 9.17) is 0 Å². The molecule has 1 aromatic heterocycles. The quantitative estimate of drug-likeness (QED) is 0.842. The second-order valence-corrected chi connectivity index (χ2v) is 6.13. The number of aromatic nitrogens is 2. The lowest BCUT2D eigenvalue weighted by Crippen LogP contribution is -2.40. The molecule has 2 heterocycles. The van der Waals surface area contributed by atoms with Gasteiger partial charge in [0, 0.05) is 44.5 Å². The lowest BCUT2D eigenvalue weighted by molar-refractivity contribution is 0.201. The normalized spacial score (nSPS) is 24.0. The molecule has 0 amide bonds. The Hall–Kier alpha value is -0.870. The van der Waals surface area contributed by atoms with E-state index in [0.717, 1.165) is 18.4 Å². The number of nitrogens with zero attached hydrogens (tertiary/aromatic N) is 3. The molecule has 106 valence electrons. The van der Waals surface area contributed by atoms with Crippen molar-refractivity contribution in [3.63, 3.8) is 0 Å². The van der Waals surface area contributed by atoms with Crippen LogP contribution in [-0.4, -0.2) is 46.9 Å². The summed E-state index contributed by atoms with van der Waals surface area (Å²) in [7, 11) is 2.04. The number of aryl methyl sites for hydroxylation is 1. The first-order valence-corrected chi connectivity index (χ1v) is 7.74. The molecule has 1 aliphatic carbocycles. The predicted octanol–water partition coefficient (Wildman–Crippen LogP) is 1.43. The molecule has 4 nitrogen and oxygen atoms in total. The maximum absolute atomic E-state index is 4.26. The fraction of sp³-hybridized carbons (Fsp3) is 0.800. The molecule has 1 saturated heterocycles. The first-order valence-electron chi connectivity index (χ1n) is 7.74. The van der Waals surface area contributed by atoms with Gasteiger partial charge in [-0.15, -0.1) is 0 Å². The molecule has 0 bridgehead atoms. The van der Waals surface area contributed by atoms with Crippen LogP contribution < -0.4 is 5.32 Å². The maximum Gasteiger partial charge on any atom is 0.0492 e. The topological polar surface area (TPSA) is 33.1 Å². The zero-order valence-corrected chi connectivity index (χ0v) is 12.0. The van der Waals surface area contributed by atoms with Crippen molar-refractivity contribution < 1.29 is 0 Å². The van der Waals surface area contributed by atoms with Crippen LogP contribution in [0.15, 0.2) is 12.3 Å². The Morgan fingerprint density at radius 1 is 1.42 bits per heavy atom. The van der Waals surface area contributed by atoms with Crippen LogP contribution in [0.25, 0.3) is 0 Å². The molecule has 4 heteroatoms. The summed E-state index contributed by atoms with van der Waals surface area (Å²) in [5, 5.41) is 7.80. The fourth-order valence-electron chi connectivity index (χ4n) is 3.18. The maximum atomic E-state index is 4.26. The summed E-state index contributed by atoms with van der Waals surface area (Å²) < 4.78 is 2.01. The molecule has 1 atom stereocenters. The average molecular weight is 262 g/mol. The van der Waals surface area contributed by atoms with Crippen LogP contribution in [0.5, 0.6) is 0 Å². The first-order chi connectivity index (χ1) is 9.33. The van der Waals surface area contributed by atoms with Gasteiger partial charge in [-0.25, -0.2) is 0 Å². The summed E-state index contributed by atoms with van der Waals surface area (Å²) >= 11 is 0. The third kappa shape index (κ3) is 3.57. The van der Waals surface area contributed by atoms with E-state index in [1.807, 2.05) is 17.9 Å². The van der Waals surface area contributed by atoms with E-state index in [2.05, 4.69) is 21.4 Å². The van der Waals surface area contributed by atoms with E-state index in [9.17, 15) is 0 Å². The van der Waals surface area contributed by atoms with Gasteiger partial charge < -0.3 is 5.32 Å². The van der Waals surface area contributed by atoms with Gasteiger partial charge in [-0.3, -0.25) is 9.58 Å². The van der Waals surface area contributed by atoms with Gasteiger partial charge in [0.2, 0.25) is 0 Å². The Labute approximate surface area is 116 Å². The molecule has 1 N–H and O–H groups in total. The third-order valence-corrected chi connectivity index (χ3v) is 4.53. The molecular weight excluding hydrogens is 236 g/mol. The summed E-state index contributed by atoms with van der Waals surface area (Å²) in [6, 6.07) is 3.02. The zero-order chi connectivity index (χ0) is 13.1. The highest BCUT2D eigenvalue weighted by Gasteiger charge is 2.30. The van der Waals surface area contributed by atoms with Crippen molar-refractivity contribution in [1.82, 2.24) is 20.0 Å². The number of rotatable bonds is 6. The number of hydrogen-bond donors (Lipinski definition) is 1. The van der Waals surface area contributed by atoms with E-state index in [1.54, 1.807) is 0 Å². The van der Waals surface area contributed by atoms with Gasteiger partial charge in [-0.1, -0.05) is 0 Å². The standard InChI is InChI=1S/C15H26N4/c1-18-14(6-9-17-18)7-10-19(15-4-5-15)12-13-3-2-8-16-11-13/h6,9,13,15-16H,2-5,7-8,10-12H2,1H3. The largest absolute Gasteiger partial charge is 0.316 e. The van der Waals surface area contributed by atoms with E-state index in [0.29, 0.717) is 0 Å². The van der Waals surface area contributed by atoms with Gasteiger partial charge in [0.15, 0.2) is 0 Å².